The van der Waals surface area contributed by atoms with Crippen molar-refractivity contribution in [3.8, 4) is 0 Å². The molecule has 0 aliphatic heterocycles. The summed E-state index contributed by atoms with van der Waals surface area (Å²) < 4.78 is 4.74. The molecule has 0 bridgehead atoms. The number of hydrogen-bond acceptors (Lipinski definition) is 3. The molecule has 0 saturated carbocycles. The summed E-state index contributed by atoms with van der Waals surface area (Å²) in [7, 11) is 0. The SMILES string of the molecule is CCOC(=O)CNC(=O)Nc1ccccc1C(C)(C)C. The number of nitrogens with one attached hydrogen (secondary N) is 2. The number of carbonyl (C=O) groups is 2. The molecule has 0 atom stereocenters. The highest BCUT2D eigenvalue weighted by atomic mass is 16.5. The molecule has 0 saturated heterocycles. The monoisotopic (exact) mass is 278 g/mol. The van der Waals surface area contributed by atoms with Crippen molar-refractivity contribution in [2.24, 2.45) is 0 Å². The molecule has 0 aliphatic carbocycles. The molecule has 20 heavy (non-hydrogen) atoms. The van der Waals surface area contributed by atoms with Crippen molar-refractivity contribution in [1.29, 1.82) is 0 Å². The van der Waals surface area contributed by atoms with Gasteiger partial charge >= 0.3 is 12.0 Å². The normalized spacial score (nSPS) is 10.8. The van der Waals surface area contributed by atoms with Gasteiger partial charge in [0.1, 0.15) is 6.54 Å². The second-order valence-corrected chi connectivity index (χ2v) is 5.41. The molecule has 0 unspecified atom stereocenters. The molecule has 1 aromatic carbocycles. The van der Waals surface area contributed by atoms with Gasteiger partial charge in [0.15, 0.2) is 0 Å². The first-order valence-corrected chi connectivity index (χ1v) is 6.64. The summed E-state index contributed by atoms with van der Waals surface area (Å²) in [5.74, 6) is -0.452. The molecule has 2 N–H and O–H groups in total. The Hall–Kier alpha value is -2.04. The molecular weight excluding hydrogens is 256 g/mol. The third-order valence-electron chi connectivity index (χ3n) is 2.68. The Morgan fingerprint density at radius 1 is 1.20 bits per heavy atom. The Morgan fingerprint density at radius 3 is 2.45 bits per heavy atom. The van der Waals surface area contributed by atoms with Crippen LogP contribution >= 0.6 is 0 Å². The number of carbonyl (C=O) groups excluding carboxylic acids is 2. The lowest BCUT2D eigenvalue weighted by atomic mass is 9.86. The number of ether oxygens (including phenoxy) is 1. The number of urea groups is 1. The maximum absolute atomic E-state index is 11.8. The fraction of sp³-hybridized carbons (Fsp3) is 0.467. The van der Waals surface area contributed by atoms with Gasteiger partial charge in [-0.1, -0.05) is 39.0 Å². The maximum Gasteiger partial charge on any atom is 0.325 e. The van der Waals surface area contributed by atoms with Crippen molar-refractivity contribution in [3.05, 3.63) is 29.8 Å². The summed E-state index contributed by atoms with van der Waals surface area (Å²) in [6, 6.07) is 7.18. The van der Waals surface area contributed by atoms with Crippen LogP contribution in [-0.2, 0) is 14.9 Å². The van der Waals surface area contributed by atoms with Crippen LogP contribution in [0.3, 0.4) is 0 Å². The number of amides is 2. The zero-order valence-corrected chi connectivity index (χ0v) is 12.4. The number of hydrogen-bond donors (Lipinski definition) is 2. The van der Waals surface area contributed by atoms with Crippen molar-refractivity contribution < 1.29 is 14.3 Å². The van der Waals surface area contributed by atoms with Crippen molar-refractivity contribution in [3.63, 3.8) is 0 Å². The van der Waals surface area contributed by atoms with Crippen LogP contribution in [-0.4, -0.2) is 25.2 Å². The molecule has 2 amide bonds. The minimum absolute atomic E-state index is 0.0784. The van der Waals surface area contributed by atoms with Gasteiger partial charge in [-0.05, 0) is 24.0 Å². The molecular formula is C15H22N2O3. The molecule has 110 valence electrons. The van der Waals surface area contributed by atoms with Crippen LogP contribution in [0.1, 0.15) is 33.3 Å². The van der Waals surface area contributed by atoms with Gasteiger partial charge in [-0.25, -0.2) is 4.79 Å². The Labute approximate surface area is 119 Å². The molecule has 1 aromatic rings. The fourth-order valence-corrected chi connectivity index (χ4v) is 1.78. The van der Waals surface area contributed by atoms with Crippen LogP contribution in [0.4, 0.5) is 10.5 Å². The second kappa shape index (κ2) is 6.93. The molecule has 0 radical (unpaired) electrons. The van der Waals surface area contributed by atoms with Crippen LogP contribution in [0, 0.1) is 0 Å². The van der Waals surface area contributed by atoms with Crippen molar-refractivity contribution >= 4 is 17.7 Å². The van der Waals surface area contributed by atoms with Crippen LogP contribution in [0.25, 0.3) is 0 Å². The zero-order chi connectivity index (χ0) is 15.2. The van der Waals surface area contributed by atoms with E-state index < -0.39 is 12.0 Å². The van der Waals surface area contributed by atoms with E-state index in [0.717, 1.165) is 11.3 Å². The summed E-state index contributed by atoms with van der Waals surface area (Å²) in [5.41, 5.74) is 1.69. The van der Waals surface area contributed by atoms with E-state index in [4.69, 9.17) is 4.74 Å². The van der Waals surface area contributed by atoms with Gasteiger partial charge in [0.05, 0.1) is 6.61 Å². The minimum atomic E-state index is -0.452. The lowest BCUT2D eigenvalue weighted by molar-refractivity contribution is -0.141. The fourth-order valence-electron chi connectivity index (χ4n) is 1.78. The Morgan fingerprint density at radius 2 is 1.85 bits per heavy atom. The van der Waals surface area contributed by atoms with Gasteiger partial charge in [0.2, 0.25) is 0 Å². The Bertz CT molecular complexity index is 478. The highest BCUT2D eigenvalue weighted by Gasteiger charge is 2.18. The number of esters is 1. The predicted octanol–water partition coefficient (Wildman–Crippen LogP) is 2.67. The topological polar surface area (TPSA) is 67.4 Å². The third-order valence-corrected chi connectivity index (χ3v) is 2.68. The Kier molecular flexibility index (Phi) is 5.55. The smallest absolute Gasteiger partial charge is 0.325 e. The molecule has 0 aromatic heterocycles. The van der Waals surface area contributed by atoms with Gasteiger partial charge < -0.3 is 15.4 Å². The predicted molar refractivity (Wildman–Crippen MR) is 78.8 cm³/mol. The quantitative estimate of drug-likeness (QED) is 0.832. The van der Waals surface area contributed by atoms with E-state index in [2.05, 4.69) is 31.4 Å². The maximum atomic E-state index is 11.8. The number of anilines is 1. The lowest BCUT2D eigenvalue weighted by Crippen LogP contribution is -2.34. The van der Waals surface area contributed by atoms with E-state index in [1.54, 1.807) is 6.92 Å². The number of rotatable bonds is 4. The second-order valence-electron chi connectivity index (χ2n) is 5.41. The summed E-state index contributed by atoms with van der Waals surface area (Å²) in [5, 5.41) is 5.23. The molecule has 1 rings (SSSR count). The van der Waals surface area contributed by atoms with E-state index >= 15 is 0 Å². The molecule has 5 heteroatoms. The van der Waals surface area contributed by atoms with Gasteiger partial charge in [-0.15, -0.1) is 0 Å². The first-order chi connectivity index (χ1) is 9.34. The van der Waals surface area contributed by atoms with Gasteiger partial charge in [-0.2, -0.15) is 0 Å². The molecule has 0 heterocycles. The largest absolute Gasteiger partial charge is 0.465 e. The highest BCUT2D eigenvalue weighted by Crippen LogP contribution is 2.28. The summed E-state index contributed by atoms with van der Waals surface area (Å²) >= 11 is 0. The Balaban J connectivity index is 2.65. The van der Waals surface area contributed by atoms with Crippen LogP contribution in [0.2, 0.25) is 0 Å². The van der Waals surface area contributed by atoms with Crippen molar-refractivity contribution in [1.82, 2.24) is 5.32 Å². The third kappa shape index (κ3) is 4.91. The highest BCUT2D eigenvalue weighted by molar-refractivity contribution is 5.92. The number of benzene rings is 1. The first-order valence-electron chi connectivity index (χ1n) is 6.64. The standard InChI is InChI=1S/C15H22N2O3/c1-5-20-13(18)10-16-14(19)17-12-9-7-6-8-11(12)15(2,3)4/h6-9H,5,10H2,1-4H3,(H2,16,17,19). The van der Waals surface area contributed by atoms with Crippen molar-refractivity contribution in [2.45, 2.75) is 33.1 Å². The average molecular weight is 278 g/mol. The molecule has 0 spiro atoms. The van der Waals surface area contributed by atoms with Crippen LogP contribution in [0.5, 0.6) is 0 Å². The van der Waals surface area contributed by atoms with E-state index in [9.17, 15) is 9.59 Å². The van der Waals surface area contributed by atoms with Gasteiger partial charge in [0.25, 0.3) is 0 Å². The van der Waals surface area contributed by atoms with Gasteiger partial charge in [-0.3, -0.25) is 4.79 Å². The summed E-state index contributed by atoms with van der Waals surface area (Å²) in [6.45, 7) is 8.10. The van der Waals surface area contributed by atoms with Crippen LogP contribution < -0.4 is 10.6 Å². The summed E-state index contributed by atoms with van der Waals surface area (Å²) in [6.07, 6.45) is 0. The van der Waals surface area contributed by atoms with Gasteiger partial charge in [0, 0.05) is 5.69 Å². The molecule has 0 fully saturated rings. The molecule has 5 nitrogen and oxygen atoms in total. The van der Waals surface area contributed by atoms with E-state index in [0.29, 0.717) is 6.61 Å². The van der Waals surface area contributed by atoms with E-state index in [1.165, 1.54) is 0 Å². The zero-order valence-electron chi connectivity index (χ0n) is 12.4. The lowest BCUT2D eigenvalue weighted by Gasteiger charge is -2.23. The first kappa shape index (κ1) is 16.0. The minimum Gasteiger partial charge on any atom is -0.465 e. The average Bonchev–Trinajstić information content (AvgIpc) is 2.36. The van der Waals surface area contributed by atoms with Crippen LogP contribution in [0.15, 0.2) is 24.3 Å². The number of para-hydroxylation sites is 1. The summed E-state index contributed by atoms with van der Waals surface area (Å²) in [4.78, 5) is 22.9. The van der Waals surface area contributed by atoms with E-state index in [1.807, 2.05) is 24.3 Å². The van der Waals surface area contributed by atoms with E-state index in [-0.39, 0.29) is 12.0 Å². The van der Waals surface area contributed by atoms with Crippen molar-refractivity contribution in [2.75, 3.05) is 18.5 Å². The molecule has 0 aliphatic rings.